The van der Waals surface area contributed by atoms with Gasteiger partial charge in [0.1, 0.15) is 23.7 Å². The Bertz CT molecular complexity index is 744. The maximum atomic E-state index is 11.0. The number of hydrogen-bond donors (Lipinski definition) is 1. The van der Waals surface area contributed by atoms with E-state index in [1.54, 1.807) is 18.2 Å². The minimum atomic E-state index is -0.653. The third-order valence-electron chi connectivity index (χ3n) is 2.55. The number of rotatable bonds is 4. The van der Waals surface area contributed by atoms with Crippen LogP contribution in [0.15, 0.2) is 24.4 Å². The molecule has 0 radical (unpaired) electrons. The van der Waals surface area contributed by atoms with E-state index in [0.29, 0.717) is 5.75 Å². The molecule has 1 aromatic carbocycles. The highest BCUT2D eigenvalue weighted by molar-refractivity contribution is 6.28. The SMILES string of the molecule is COc1cccc(C#N)c1Nc1nc(Cl)ncc1[N+](=O)[O-]. The van der Waals surface area contributed by atoms with Gasteiger partial charge in [0.15, 0.2) is 0 Å². The summed E-state index contributed by atoms with van der Waals surface area (Å²) in [7, 11) is 1.42. The predicted octanol–water partition coefficient (Wildman–Crippen LogP) is 2.66. The van der Waals surface area contributed by atoms with Gasteiger partial charge in [-0.2, -0.15) is 10.2 Å². The van der Waals surface area contributed by atoms with Crippen LogP contribution >= 0.6 is 11.6 Å². The molecule has 0 saturated carbocycles. The molecule has 0 spiro atoms. The first-order chi connectivity index (χ1) is 10.1. The first-order valence-corrected chi connectivity index (χ1v) is 5.95. The Balaban J connectivity index is 2.55. The Labute approximate surface area is 124 Å². The second kappa shape index (κ2) is 6.02. The van der Waals surface area contributed by atoms with Gasteiger partial charge in [0.2, 0.25) is 11.1 Å². The van der Waals surface area contributed by atoms with Gasteiger partial charge in [0.05, 0.1) is 17.6 Å². The highest BCUT2D eigenvalue weighted by atomic mass is 35.5. The number of nitrogens with zero attached hydrogens (tertiary/aromatic N) is 4. The minimum Gasteiger partial charge on any atom is -0.495 e. The van der Waals surface area contributed by atoms with Crippen LogP contribution in [0.1, 0.15) is 5.56 Å². The zero-order chi connectivity index (χ0) is 15.4. The second-order valence-electron chi connectivity index (χ2n) is 3.75. The number of ether oxygens (including phenoxy) is 1. The number of aromatic nitrogens is 2. The molecule has 21 heavy (non-hydrogen) atoms. The van der Waals surface area contributed by atoms with E-state index in [1.807, 2.05) is 6.07 Å². The van der Waals surface area contributed by atoms with Crippen molar-refractivity contribution in [2.45, 2.75) is 0 Å². The van der Waals surface area contributed by atoms with E-state index in [2.05, 4.69) is 15.3 Å². The number of nitro groups is 1. The summed E-state index contributed by atoms with van der Waals surface area (Å²) in [6.07, 6.45) is 0.985. The van der Waals surface area contributed by atoms with Crippen molar-refractivity contribution in [3.63, 3.8) is 0 Å². The second-order valence-corrected chi connectivity index (χ2v) is 4.09. The van der Waals surface area contributed by atoms with E-state index in [1.165, 1.54) is 7.11 Å². The number of halogens is 1. The van der Waals surface area contributed by atoms with Gasteiger partial charge in [-0.25, -0.2) is 4.98 Å². The Kier molecular flexibility index (Phi) is 4.15. The molecule has 0 aliphatic rings. The average molecular weight is 306 g/mol. The Morgan fingerprint density at radius 3 is 2.90 bits per heavy atom. The molecule has 0 unspecified atom stereocenters. The number of anilines is 2. The van der Waals surface area contributed by atoms with Gasteiger partial charge in [-0.1, -0.05) is 6.07 Å². The van der Waals surface area contributed by atoms with Crippen LogP contribution in [0.25, 0.3) is 0 Å². The fraction of sp³-hybridized carbons (Fsp3) is 0.0833. The van der Waals surface area contributed by atoms with Crippen LogP contribution in [0.5, 0.6) is 5.75 Å². The van der Waals surface area contributed by atoms with E-state index in [9.17, 15) is 10.1 Å². The van der Waals surface area contributed by atoms with Crippen LogP contribution in [0.2, 0.25) is 5.28 Å². The van der Waals surface area contributed by atoms with Crippen molar-refractivity contribution in [3.8, 4) is 11.8 Å². The number of benzene rings is 1. The smallest absolute Gasteiger partial charge is 0.329 e. The summed E-state index contributed by atoms with van der Waals surface area (Å²) in [5, 5.41) is 22.6. The average Bonchev–Trinajstić information content (AvgIpc) is 2.47. The summed E-state index contributed by atoms with van der Waals surface area (Å²) < 4.78 is 5.13. The maximum Gasteiger partial charge on any atom is 0.329 e. The number of hydrogen-bond acceptors (Lipinski definition) is 7. The number of nitrogens with one attached hydrogen (secondary N) is 1. The standard InChI is InChI=1S/C12H8ClN5O3/c1-21-9-4-2-3-7(5-14)10(9)16-11-8(18(19)20)6-15-12(13)17-11/h2-4,6H,1H3,(H,15,16,17). The van der Waals surface area contributed by atoms with Crippen LogP contribution in [0.3, 0.4) is 0 Å². The normalized spacial score (nSPS) is 9.76. The molecule has 0 aliphatic heterocycles. The van der Waals surface area contributed by atoms with E-state index in [4.69, 9.17) is 21.6 Å². The molecule has 0 amide bonds. The molecular formula is C12H8ClN5O3. The van der Waals surface area contributed by atoms with E-state index in [-0.39, 0.29) is 28.0 Å². The molecule has 2 aromatic rings. The van der Waals surface area contributed by atoms with Gasteiger partial charge in [-0.15, -0.1) is 0 Å². The summed E-state index contributed by atoms with van der Waals surface area (Å²) >= 11 is 5.65. The molecule has 2 rings (SSSR count). The fourth-order valence-electron chi connectivity index (χ4n) is 1.62. The van der Waals surface area contributed by atoms with Gasteiger partial charge in [0.25, 0.3) is 0 Å². The van der Waals surface area contributed by atoms with Gasteiger partial charge in [-0.05, 0) is 23.7 Å². The Hall–Kier alpha value is -2.92. The van der Waals surface area contributed by atoms with Crippen molar-refractivity contribution in [1.29, 1.82) is 5.26 Å². The van der Waals surface area contributed by atoms with Crippen molar-refractivity contribution in [2.24, 2.45) is 0 Å². The van der Waals surface area contributed by atoms with Gasteiger partial charge in [0, 0.05) is 0 Å². The Morgan fingerprint density at radius 2 is 2.29 bits per heavy atom. The third-order valence-corrected chi connectivity index (χ3v) is 2.73. The van der Waals surface area contributed by atoms with Crippen LogP contribution in [-0.2, 0) is 0 Å². The molecule has 1 aromatic heterocycles. The summed E-state index contributed by atoms with van der Waals surface area (Å²) in [5.74, 6) is 0.221. The molecule has 106 valence electrons. The molecule has 8 nitrogen and oxygen atoms in total. The van der Waals surface area contributed by atoms with Crippen molar-refractivity contribution >= 4 is 28.8 Å². The van der Waals surface area contributed by atoms with E-state index >= 15 is 0 Å². The van der Waals surface area contributed by atoms with Gasteiger partial charge in [-0.3, -0.25) is 10.1 Å². The zero-order valence-electron chi connectivity index (χ0n) is 10.7. The third kappa shape index (κ3) is 2.98. The lowest BCUT2D eigenvalue weighted by atomic mass is 10.1. The van der Waals surface area contributed by atoms with Crippen LogP contribution < -0.4 is 10.1 Å². The largest absolute Gasteiger partial charge is 0.495 e. The quantitative estimate of drug-likeness (QED) is 0.524. The first-order valence-electron chi connectivity index (χ1n) is 5.58. The summed E-state index contributed by atoms with van der Waals surface area (Å²) in [4.78, 5) is 17.7. The molecule has 0 fully saturated rings. The zero-order valence-corrected chi connectivity index (χ0v) is 11.5. The predicted molar refractivity (Wildman–Crippen MR) is 74.7 cm³/mol. The van der Waals surface area contributed by atoms with Crippen molar-refractivity contribution < 1.29 is 9.66 Å². The van der Waals surface area contributed by atoms with Crippen molar-refractivity contribution in [3.05, 3.63) is 45.4 Å². The molecule has 9 heteroatoms. The maximum absolute atomic E-state index is 11.0. The monoisotopic (exact) mass is 305 g/mol. The van der Waals surface area contributed by atoms with Crippen LogP contribution in [0.4, 0.5) is 17.2 Å². The highest BCUT2D eigenvalue weighted by Crippen LogP contribution is 2.33. The molecule has 1 heterocycles. The van der Waals surface area contributed by atoms with E-state index in [0.717, 1.165) is 6.20 Å². The first kappa shape index (κ1) is 14.5. The fourth-order valence-corrected chi connectivity index (χ4v) is 1.75. The van der Waals surface area contributed by atoms with Crippen molar-refractivity contribution in [2.75, 3.05) is 12.4 Å². The van der Waals surface area contributed by atoms with Crippen LogP contribution in [-0.4, -0.2) is 22.0 Å². The molecule has 0 saturated heterocycles. The molecule has 1 N–H and O–H groups in total. The van der Waals surface area contributed by atoms with E-state index < -0.39 is 4.92 Å². The summed E-state index contributed by atoms with van der Waals surface area (Å²) in [5.41, 5.74) is 0.146. The summed E-state index contributed by atoms with van der Waals surface area (Å²) in [6, 6.07) is 6.74. The minimum absolute atomic E-state index is 0.124. The lowest BCUT2D eigenvalue weighted by Crippen LogP contribution is -2.03. The van der Waals surface area contributed by atoms with Crippen molar-refractivity contribution in [1.82, 2.24) is 9.97 Å². The molecular weight excluding hydrogens is 298 g/mol. The highest BCUT2D eigenvalue weighted by Gasteiger charge is 2.20. The lowest BCUT2D eigenvalue weighted by molar-refractivity contribution is -0.384. The van der Waals surface area contributed by atoms with Gasteiger partial charge >= 0.3 is 5.69 Å². The lowest BCUT2D eigenvalue weighted by Gasteiger charge is -2.11. The molecule has 0 bridgehead atoms. The Morgan fingerprint density at radius 1 is 1.52 bits per heavy atom. The van der Waals surface area contributed by atoms with Gasteiger partial charge < -0.3 is 10.1 Å². The summed E-state index contributed by atoms with van der Waals surface area (Å²) in [6.45, 7) is 0. The molecule has 0 aliphatic carbocycles. The number of methoxy groups -OCH3 is 1. The topological polar surface area (TPSA) is 114 Å². The number of nitriles is 1. The molecule has 0 atom stereocenters. The van der Waals surface area contributed by atoms with Crippen LogP contribution in [0, 0.1) is 21.4 Å². The number of para-hydroxylation sites is 1.